The van der Waals surface area contributed by atoms with Gasteiger partial charge in [-0.05, 0) is 25.5 Å². The molecule has 0 aliphatic rings. The van der Waals surface area contributed by atoms with Gasteiger partial charge in [-0.15, -0.1) is 5.10 Å². The summed E-state index contributed by atoms with van der Waals surface area (Å²) in [5.41, 5.74) is 2.34. The maximum atomic E-state index is 13.2. The number of amides is 1. The summed E-state index contributed by atoms with van der Waals surface area (Å²) in [6.07, 6.45) is -0.0352. The molecule has 0 aliphatic heterocycles. The Morgan fingerprint density at radius 1 is 1.24 bits per heavy atom. The number of fused-ring (bicyclic) bond motifs is 1. The number of nitrogens with one attached hydrogen (secondary N) is 1. The average Bonchev–Trinajstić information content (AvgIpc) is 3.27. The quantitative estimate of drug-likeness (QED) is 0.559. The molecule has 10 heteroatoms. The molecule has 1 aromatic carbocycles. The van der Waals surface area contributed by atoms with Crippen molar-refractivity contribution < 1.29 is 13.6 Å². The zero-order valence-corrected chi connectivity index (χ0v) is 15.7. The van der Waals surface area contributed by atoms with Gasteiger partial charge in [-0.1, -0.05) is 29.8 Å². The number of hydrogen-bond acceptors (Lipinski definition) is 5. The van der Waals surface area contributed by atoms with Crippen LogP contribution in [0.3, 0.4) is 0 Å². The molecule has 0 spiro atoms. The summed E-state index contributed by atoms with van der Waals surface area (Å²) >= 11 is 0. The molecule has 0 bridgehead atoms. The van der Waals surface area contributed by atoms with E-state index < -0.39 is 12.3 Å². The van der Waals surface area contributed by atoms with E-state index in [4.69, 9.17) is 0 Å². The molecule has 148 valence electrons. The highest BCUT2D eigenvalue weighted by Crippen LogP contribution is 2.22. The van der Waals surface area contributed by atoms with E-state index in [1.165, 1.54) is 18.6 Å². The Kier molecular flexibility index (Phi) is 4.75. The minimum atomic E-state index is -2.74. The summed E-state index contributed by atoms with van der Waals surface area (Å²) in [5.74, 6) is -0.477. The van der Waals surface area contributed by atoms with E-state index in [2.05, 4.69) is 25.5 Å². The van der Waals surface area contributed by atoms with Gasteiger partial charge < -0.3 is 0 Å². The van der Waals surface area contributed by atoms with Crippen molar-refractivity contribution in [2.24, 2.45) is 0 Å². The Morgan fingerprint density at radius 3 is 2.83 bits per heavy atom. The number of halogens is 2. The standard InChI is InChI=1S/C19H17F2N7O/c1-11-4-3-5-13(6-11)9-27-10-22-19(26-27)25-18(29)14-8-23-28-15(16(20)21)7-12(2)24-17(14)28/h3-8,10,16H,9H2,1-2H3,(H,25,26,29). The number of carbonyl (C=O) groups is 1. The number of nitrogens with zero attached hydrogens (tertiary/aromatic N) is 6. The van der Waals surface area contributed by atoms with Crippen molar-refractivity contribution in [3.8, 4) is 0 Å². The number of hydrogen-bond donors (Lipinski definition) is 1. The second-order valence-electron chi connectivity index (χ2n) is 6.63. The average molecular weight is 397 g/mol. The Labute approximate surface area is 164 Å². The van der Waals surface area contributed by atoms with Crippen LogP contribution >= 0.6 is 0 Å². The topological polar surface area (TPSA) is 90.0 Å². The van der Waals surface area contributed by atoms with Crippen LogP contribution in [0.1, 0.15) is 39.3 Å². The van der Waals surface area contributed by atoms with Gasteiger partial charge in [0, 0.05) is 5.69 Å². The molecule has 0 fully saturated rings. The summed E-state index contributed by atoms with van der Waals surface area (Å²) in [6, 6.07) is 9.20. The molecule has 1 amide bonds. The van der Waals surface area contributed by atoms with Crippen LogP contribution in [0, 0.1) is 13.8 Å². The van der Waals surface area contributed by atoms with E-state index >= 15 is 0 Å². The summed E-state index contributed by atoms with van der Waals surface area (Å²) < 4.78 is 29.0. The molecule has 0 atom stereocenters. The lowest BCUT2D eigenvalue weighted by atomic mass is 10.1. The van der Waals surface area contributed by atoms with Crippen LogP contribution in [0.5, 0.6) is 0 Å². The fourth-order valence-corrected chi connectivity index (χ4v) is 3.02. The van der Waals surface area contributed by atoms with Crippen LogP contribution in [0.4, 0.5) is 14.7 Å². The Hall–Kier alpha value is -3.69. The first-order chi connectivity index (χ1) is 13.9. The molecule has 0 aliphatic carbocycles. The molecule has 4 aromatic rings. The molecule has 0 radical (unpaired) electrons. The Morgan fingerprint density at radius 2 is 2.07 bits per heavy atom. The van der Waals surface area contributed by atoms with Crippen LogP contribution in [-0.2, 0) is 6.54 Å². The highest BCUT2D eigenvalue weighted by Gasteiger charge is 2.21. The van der Waals surface area contributed by atoms with Crippen molar-refractivity contribution in [2.75, 3.05) is 5.32 Å². The monoisotopic (exact) mass is 397 g/mol. The first-order valence-corrected chi connectivity index (χ1v) is 8.80. The highest BCUT2D eigenvalue weighted by molar-refractivity contribution is 6.07. The Balaban J connectivity index is 1.55. The lowest BCUT2D eigenvalue weighted by molar-refractivity contribution is 0.102. The van der Waals surface area contributed by atoms with Crippen molar-refractivity contribution in [3.63, 3.8) is 0 Å². The van der Waals surface area contributed by atoms with Gasteiger partial charge in [0.15, 0.2) is 5.65 Å². The first kappa shape index (κ1) is 18.7. The van der Waals surface area contributed by atoms with Crippen molar-refractivity contribution in [1.82, 2.24) is 29.4 Å². The molecule has 0 saturated carbocycles. The predicted octanol–water partition coefficient (Wildman–Crippen LogP) is 3.18. The van der Waals surface area contributed by atoms with E-state index in [0.29, 0.717) is 12.2 Å². The second kappa shape index (κ2) is 7.38. The number of carbonyl (C=O) groups excluding carboxylic acids is 1. The third-order valence-electron chi connectivity index (χ3n) is 4.28. The number of anilines is 1. The molecule has 3 aromatic heterocycles. The van der Waals surface area contributed by atoms with Gasteiger partial charge in [0.1, 0.15) is 17.6 Å². The van der Waals surface area contributed by atoms with E-state index in [-0.39, 0.29) is 22.9 Å². The van der Waals surface area contributed by atoms with Gasteiger partial charge in [0.2, 0.25) is 5.95 Å². The maximum absolute atomic E-state index is 13.2. The molecule has 4 rings (SSSR count). The molecule has 29 heavy (non-hydrogen) atoms. The summed E-state index contributed by atoms with van der Waals surface area (Å²) in [5, 5.41) is 10.7. The van der Waals surface area contributed by atoms with Crippen molar-refractivity contribution >= 4 is 17.5 Å². The summed E-state index contributed by atoms with van der Waals surface area (Å²) in [4.78, 5) is 20.9. The van der Waals surface area contributed by atoms with Crippen molar-refractivity contribution in [2.45, 2.75) is 26.8 Å². The molecule has 3 heterocycles. The highest BCUT2D eigenvalue weighted by atomic mass is 19.3. The van der Waals surface area contributed by atoms with E-state index in [0.717, 1.165) is 15.6 Å². The SMILES string of the molecule is Cc1cccc(Cn2cnc(NC(=O)c3cnn4c(C(F)F)cc(C)nc34)n2)c1. The molecule has 0 unspecified atom stereocenters. The summed E-state index contributed by atoms with van der Waals surface area (Å²) in [6.45, 7) is 4.08. The fourth-order valence-electron chi connectivity index (χ4n) is 3.02. The second-order valence-corrected chi connectivity index (χ2v) is 6.63. The van der Waals surface area contributed by atoms with Crippen LogP contribution in [0.25, 0.3) is 5.65 Å². The minimum Gasteiger partial charge on any atom is -0.289 e. The van der Waals surface area contributed by atoms with Gasteiger partial charge >= 0.3 is 0 Å². The van der Waals surface area contributed by atoms with Gasteiger partial charge in [0.05, 0.1) is 12.7 Å². The van der Waals surface area contributed by atoms with E-state index in [9.17, 15) is 13.6 Å². The zero-order valence-electron chi connectivity index (χ0n) is 15.7. The molecule has 1 N–H and O–H groups in total. The lowest BCUT2D eigenvalue weighted by Gasteiger charge is -2.05. The number of aromatic nitrogens is 6. The zero-order chi connectivity index (χ0) is 20.5. The first-order valence-electron chi connectivity index (χ1n) is 8.80. The molecule has 8 nitrogen and oxygen atoms in total. The number of benzene rings is 1. The Bertz CT molecular complexity index is 1200. The summed E-state index contributed by atoms with van der Waals surface area (Å²) in [7, 11) is 0. The molecular weight excluding hydrogens is 380 g/mol. The van der Waals surface area contributed by atoms with Gasteiger partial charge in [-0.3, -0.25) is 10.1 Å². The van der Waals surface area contributed by atoms with E-state index in [1.807, 2.05) is 31.2 Å². The predicted molar refractivity (Wildman–Crippen MR) is 101 cm³/mol. The number of rotatable bonds is 5. The van der Waals surface area contributed by atoms with Crippen molar-refractivity contribution in [3.05, 3.63) is 70.9 Å². The molecule has 0 saturated heterocycles. The van der Waals surface area contributed by atoms with Crippen LogP contribution in [0.2, 0.25) is 0 Å². The number of aryl methyl sites for hydroxylation is 2. The number of alkyl halides is 2. The van der Waals surface area contributed by atoms with E-state index in [1.54, 1.807) is 11.6 Å². The van der Waals surface area contributed by atoms with Gasteiger partial charge in [0.25, 0.3) is 12.3 Å². The van der Waals surface area contributed by atoms with Crippen LogP contribution < -0.4 is 5.32 Å². The maximum Gasteiger partial charge on any atom is 0.280 e. The minimum absolute atomic E-state index is 0.0528. The lowest BCUT2D eigenvalue weighted by Crippen LogP contribution is -2.14. The van der Waals surface area contributed by atoms with Gasteiger partial charge in [-0.25, -0.2) is 27.9 Å². The van der Waals surface area contributed by atoms with Crippen LogP contribution in [0.15, 0.2) is 42.9 Å². The van der Waals surface area contributed by atoms with Crippen LogP contribution in [-0.4, -0.2) is 35.3 Å². The third kappa shape index (κ3) is 3.82. The van der Waals surface area contributed by atoms with Crippen molar-refractivity contribution in [1.29, 1.82) is 0 Å². The third-order valence-corrected chi connectivity index (χ3v) is 4.28. The fraction of sp³-hybridized carbons (Fsp3) is 0.211. The smallest absolute Gasteiger partial charge is 0.280 e. The van der Waals surface area contributed by atoms with Gasteiger partial charge in [-0.2, -0.15) is 5.10 Å². The normalized spacial score (nSPS) is 11.3. The molecular formula is C19H17F2N7O. The largest absolute Gasteiger partial charge is 0.289 e.